The van der Waals surface area contributed by atoms with Crippen LogP contribution in [-0.2, 0) is 4.79 Å². The van der Waals surface area contributed by atoms with E-state index in [0.29, 0.717) is 39.1 Å². The molecule has 0 radical (unpaired) electrons. The Morgan fingerprint density at radius 1 is 1.04 bits per heavy atom. The molecule has 0 saturated carbocycles. The molecule has 1 aromatic carbocycles. The molecule has 2 amide bonds. The van der Waals surface area contributed by atoms with Crippen LogP contribution in [0.15, 0.2) is 18.2 Å². The quantitative estimate of drug-likeness (QED) is 0.846. The van der Waals surface area contributed by atoms with E-state index in [-0.39, 0.29) is 22.4 Å². The van der Waals surface area contributed by atoms with E-state index in [1.54, 1.807) is 4.90 Å². The smallest absolute Gasteiger partial charge is 0.256 e. The summed E-state index contributed by atoms with van der Waals surface area (Å²) in [5, 5.41) is 3.51. The molecule has 2 saturated heterocycles. The summed E-state index contributed by atoms with van der Waals surface area (Å²) in [5.41, 5.74) is 0.0525. The van der Waals surface area contributed by atoms with Crippen molar-refractivity contribution in [2.45, 2.75) is 6.42 Å². The van der Waals surface area contributed by atoms with Crippen molar-refractivity contribution in [1.29, 1.82) is 0 Å². The molecule has 1 aromatic rings. The van der Waals surface area contributed by atoms with Crippen LogP contribution in [0.5, 0.6) is 0 Å². The van der Waals surface area contributed by atoms with Gasteiger partial charge in [0.2, 0.25) is 5.91 Å². The second kappa shape index (κ2) is 8.79. The Bertz CT molecular complexity index is 659. The number of carbonyl (C=O) groups excluding carboxylic acids is 2. The van der Waals surface area contributed by atoms with Gasteiger partial charge in [-0.05, 0) is 18.2 Å². The Labute approximate surface area is 157 Å². The number of amides is 2. The average Bonchev–Trinajstić information content (AvgIpc) is 2.67. The summed E-state index contributed by atoms with van der Waals surface area (Å²) in [6.07, 6.45) is 0.500. The molecular formula is C18H24ClFN4O2. The van der Waals surface area contributed by atoms with Gasteiger partial charge in [-0.2, -0.15) is 0 Å². The molecular weight excluding hydrogens is 359 g/mol. The summed E-state index contributed by atoms with van der Waals surface area (Å²) in [4.78, 5) is 30.4. The first kappa shape index (κ1) is 19.1. The number of rotatable bonds is 4. The zero-order chi connectivity index (χ0) is 18.5. The standard InChI is InChI=1S/C18H24ClFN4O2/c19-14-1-2-15(16(20)13-14)18(26)24-11-9-22(10-12-24)6-3-17(25)23-7-4-21-5-8-23/h1-2,13,21H,3-12H2. The van der Waals surface area contributed by atoms with Gasteiger partial charge >= 0.3 is 0 Å². The fourth-order valence-corrected chi connectivity index (χ4v) is 3.49. The van der Waals surface area contributed by atoms with Gasteiger partial charge in [-0.15, -0.1) is 0 Å². The highest BCUT2D eigenvalue weighted by atomic mass is 35.5. The molecule has 3 rings (SSSR count). The molecule has 2 aliphatic rings. The van der Waals surface area contributed by atoms with Crippen LogP contribution in [0, 0.1) is 5.82 Å². The number of nitrogens with one attached hydrogen (secondary N) is 1. The maximum Gasteiger partial charge on any atom is 0.256 e. The molecule has 1 N–H and O–H groups in total. The Kier molecular flexibility index (Phi) is 6.45. The van der Waals surface area contributed by atoms with E-state index >= 15 is 0 Å². The monoisotopic (exact) mass is 382 g/mol. The van der Waals surface area contributed by atoms with E-state index in [0.717, 1.165) is 32.2 Å². The van der Waals surface area contributed by atoms with Gasteiger partial charge in [-0.1, -0.05) is 11.6 Å². The van der Waals surface area contributed by atoms with Crippen molar-refractivity contribution in [2.75, 3.05) is 58.9 Å². The molecule has 26 heavy (non-hydrogen) atoms. The molecule has 0 aliphatic carbocycles. The van der Waals surface area contributed by atoms with E-state index in [4.69, 9.17) is 11.6 Å². The van der Waals surface area contributed by atoms with Crippen LogP contribution in [0.2, 0.25) is 5.02 Å². The van der Waals surface area contributed by atoms with Crippen LogP contribution in [-0.4, -0.2) is 85.4 Å². The van der Waals surface area contributed by atoms with Gasteiger partial charge in [-0.25, -0.2) is 4.39 Å². The predicted molar refractivity (Wildman–Crippen MR) is 97.8 cm³/mol. The van der Waals surface area contributed by atoms with Gasteiger partial charge in [0.05, 0.1) is 5.56 Å². The molecule has 0 spiro atoms. The number of carbonyl (C=O) groups is 2. The second-order valence-corrected chi connectivity index (χ2v) is 7.08. The highest BCUT2D eigenvalue weighted by Gasteiger charge is 2.25. The van der Waals surface area contributed by atoms with Crippen molar-refractivity contribution in [3.63, 3.8) is 0 Å². The highest BCUT2D eigenvalue weighted by molar-refractivity contribution is 6.30. The third-order valence-corrected chi connectivity index (χ3v) is 5.17. The Balaban J connectivity index is 1.45. The molecule has 2 aliphatic heterocycles. The summed E-state index contributed by atoms with van der Waals surface area (Å²) in [7, 11) is 0. The number of benzene rings is 1. The van der Waals surface area contributed by atoms with E-state index in [9.17, 15) is 14.0 Å². The third-order valence-electron chi connectivity index (χ3n) is 4.93. The van der Waals surface area contributed by atoms with Crippen LogP contribution in [0.1, 0.15) is 16.8 Å². The lowest BCUT2D eigenvalue weighted by molar-refractivity contribution is -0.132. The van der Waals surface area contributed by atoms with Crippen molar-refractivity contribution in [3.05, 3.63) is 34.6 Å². The number of hydrogen-bond donors (Lipinski definition) is 1. The maximum absolute atomic E-state index is 13.9. The van der Waals surface area contributed by atoms with Gasteiger partial charge < -0.3 is 15.1 Å². The van der Waals surface area contributed by atoms with E-state index in [2.05, 4.69) is 10.2 Å². The molecule has 0 aromatic heterocycles. The fourth-order valence-electron chi connectivity index (χ4n) is 3.33. The lowest BCUT2D eigenvalue weighted by Gasteiger charge is -2.35. The molecule has 0 unspecified atom stereocenters. The lowest BCUT2D eigenvalue weighted by Crippen LogP contribution is -2.50. The van der Waals surface area contributed by atoms with Crippen LogP contribution in [0.25, 0.3) is 0 Å². The van der Waals surface area contributed by atoms with Gasteiger partial charge in [-0.3, -0.25) is 14.5 Å². The SMILES string of the molecule is O=C(CCN1CCN(C(=O)c2ccc(Cl)cc2F)CC1)N1CCNCC1. The second-order valence-electron chi connectivity index (χ2n) is 6.64. The van der Waals surface area contributed by atoms with E-state index in [1.807, 2.05) is 4.90 Å². The van der Waals surface area contributed by atoms with Gasteiger partial charge in [0.25, 0.3) is 5.91 Å². The topological polar surface area (TPSA) is 55.9 Å². The average molecular weight is 383 g/mol. The predicted octanol–water partition coefficient (Wildman–Crippen LogP) is 1.06. The molecule has 142 valence electrons. The first-order valence-corrected chi connectivity index (χ1v) is 9.37. The molecule has 6 nitrogen and oxygen atoms in total. The van der Waals surface area contributed by atoms with E-state index in [1.165, 1.54) is 12.1 Å². The fraction of sp³-hybridized carbons (Fsp3) is 0.556. The summed E-state index contributed by atoms with van der Waals surface area (Å²) in [6, 6.07) is 4.11. The Morgan fingerprint density at radius 3 is 2.38 bits per heavy atom. The summed E-state index contributed by atoms with van der Waals surface area (Å²) in [5.74, 6) is -0.713. The van der Waals surface area contributed by atoms with Crippen molar-refractivity contribution >= 4 is 23.4 Å². The van der Waals surface area contributed by atoms with E-state index < -0.39 is 5.82 Å². The van der Waals surface area contributed by atoms with Crippen molar-refractivity contribution < 1.29 is 14.0 Å². The van der Waals surface area contributed by atoms with Gasteiger partial charge in [0.15, 0.2) is 0 Å². The largest absolute Gasteiger partial charge is 0.340 e. The van der Waals surface area contributed by atoms with Crippen LogP contribution in [0.4, 0.5) is 4.39 Å². The Morgan fingerprint density at radius 2 is 1.73 bits per heavy atom. The lowest BCUT2D eigenvalue weighted by atomic mass is 10.1. The first-order chi connectivity index (χ1) is 12.5. The minimum Gasteiger partial charge on any atom is -0.340 e. The molecule has 8 heteroatoms. The third kappa shape index (κ3) is 4.72. The minimum absolute atomic E-state index is 0.0525. The van der Waals surface area contributed by atoms with Gasteiger partial charge in [0.1, 0.15) is 5.82 Å². The first-order valence-electron chi connectivity index (χ1n) is 9.00. The number of hydrogen-bond acceptors (Lipinski definition) is 4. The summed E-state index contributed by atoms with van der Waals surface area (Å²) in [6.45, 7) is 6.39. The molecule has 0 bridgehead atoms. The summed E-state index contributed by atoms with van der Waals surface area (Å²) >= 11 is 5.74. The normalized spacial score (nSPS) is 18.8. The number of piperazine rings is 2. The molecule has 2 fully saturated rings. The number of halogens is 2. The maximum atomic E-state index is 13.9. The molecule has 2 heterocycles. The zero-order valence-corrected chi connectivity index (χ0v) is 15.5. The molecule has 0 atom stereocenters. The van der Waals surface area contributed by atoms with Crippen LogP contribution in [0.3, 0.4) is 0 Å². The number of nitrogens with zero attached hydrogens (tertiary/aromatic N) is 3. The van der Waals surface area contributed by atoms with Crippen LogP contribution >= 0.6 is 11.6 Å². The van der Waals surface area contributed by atoms with Crippen molar-refractivity contribution in [1.82, 2.24) is 20.0 Å². The zero-order valence-electron chi connectivity index (χ0n) is 14.7. The minimum atomic E-state index is -0.591. The van der Waals surface area contributed by atoms with Gasteiger partial charge in [0, 0.05) is 70.3 Å². The Hall–Kier alpha value is -1.70. The highest BCUT2D eigenvalue weighted by Crippen LogP contribution is 2.17. The van der Waals surface area contributed by atoms with Crippen LogP contribution < -0.4 is 5.32 Å². The summed E-state index contributed by atoms with van der Waals surface area (Å²) < 4.78 is 13.9. The van der Waals surface area contributed by atoms with Crippen molar-refractivity contribution in [3.8, 4) is 0 Å². The van der Waals surface area contributed by atoms with Crippen molar-refractivity contribution in [2.24, 2.45) is 0 Å².